The molecular formula is C7H6N4O. The molecule has 0 saturated carbocycles. The molecule has 5 nitrogen and oxygen atoms in total. The lowest BCUT2D eigenvalue weighted by Crippen LogP contribution is -2.17. The SMILES string of the molecule is Nc1cccn2c(=O)ncnc12. The molecule has 2 N–H and O–H groups in total. The van der Waals surface area contributed by atoms with Crippen LogP contribution < -0.4 is 11.4 Å². The molecule has 12 heavy (non-hydrogen) atoms. The summed E-state index contributed by atoms with van der Waals surface area (Å²) in [7, 11) is 0. The van der Waals surface area contributed by atoms with Crippen LogP contribution in [-0.4, -0.2) is 14.4 Å². The fourth-order valence-corrected chi connectivity index (χ4v) is 1.00. The second-order valence-electron chi connectivity index (χ2n) is 2.31. The zero-order chi connectivity index (χ0) is 8.55. The first-order chi connectivity index (χ1) is 5.79. The van der Waals surface area contributed by atoms with Gasteiger partial charge in [-0.25, -0.2) is 14.2 Å². The van der Waals surface area contributed by atoms with E-state index in [1.54, 1.807) is 18.3 Å². The second-order valence-corrected chi connectivity index (χ2v) is 2.31. The number of anilines is 1. The van der Waals surface area contributed by atoms with Crippen LogP contribution in [0.15, 0.2) is 29.5 Å². The number of hydrogen-bond acceptors (Lipinski definition) is 4. The first-order valence-electron chi connectivity index (χ1n) is 3.37. The Balaban J connectivity index is 3.05. The number of fused-ring (bicyclic) bond motifs is 1. The fourth-order valence-electron chi connectivity index (χ4n) is 1.00. The summed E-state index contributed by atoms with van der Waals surface area (Å²) >= 11 is 0. The number of pyridine rings is 1. The Bertz CT molecular complexity index is 476. The van der Waals surface area contributed by atoms with E-state index in [0.717, 1.165) is 0 Å². The van der Waals surface area contributed by atoms with E-state index in [2.05, 4.69) is 9.97 Å². The van der Waals surface area contributed by atoms with Gasteiger partial charge in [0, 0.05) is 6.20 Å². The highest BCUT2D eigenvalue weighted by molar-refractivity contribution is 5.62. The Hall–Kier alpha value is -1.91. The molecule has 0 aliphatic carbocycles. The lowest BCUT2D eigenvalue weighted by molar-refractivity contribution is 0.942. The molecule has 0 atom stereocenters. The predicted molar refractivity (Wildman–Crippen MR) is 43.7 cm³/mol. The van der Waals surface area contributed by atoms with E-state index in [0.29, 0.717) is 11.3 Å². The van der Waals surface area contributed by atoms with E-state index in [1.807, 2.05) is 0 Å². The van der Waals surface area contributed by atoms with Gasteiger partial charge in [0.2, 0.25) is 0 Å². The Morgan fingerprint density at radius 2 is 2.25 bits per heavy atom. The van der Waals surface area contributed by atoms with Crippen LogP contribution in [0.5, 0.6) is 0 Å². The van der Waals surface area contributed by atoms with Crippen LogP contribution in [0.4, 0.5) is 5.69 Å². The summed E-state index contributed by atoms with van der Waals surface area (Å²) in [6.07, 6.45) is 2.78. The van der Waals surface area contributed by atoms with Crippen molar-refractivity contribution in [2.24, 2.45) is 0 Å². The largest absolute Gasteiger partial charge is 0.396 e. The van der Waals surface area contributed by atoms with E-state index >= 15 is 0 Å². The number of aromatic nitrogens is 3. The van der Waals surface area contributed by atoms with Crippen molar-refractivity contribution in [3.8, 4) is 0 Å². The normalized spacial score (nSPS) is 10.3. The maximum Gasteiger partial charge on any atom is 0.354 e. The maximum absolute atomic E-state index is 11.1. The molecular weight excluding hydrogens is 156 g/mol. The van der Waals surface area contributed by atoms with Crippen LogP contribution in [0.1, 0.15) is 0 Å². The topological polar surface area (TPSA) is 73.3 Å². The molecule has 0 aliphatic rings. The van der Waals surface area contributed by atoms with Crippen molar-refractivity contribution in [2.45, 2.75) is 0 Å². The van der Waals surface area contributed by atoms with Crippen molar-refractivity contribution in [3.05, 3.63) is 35.1 Å². The van der Waals surface area contributed by atoms with Crippen molar-refractivity contribution in [3.63, 3.8) is 0 Å². The molecule has 0 amide bonds. The summed E-state index contributed by atoms with van der Waals surface area (Å²) in [5, 5.41) is 0. The predicted octanol–water partition coefficient (Wildman–Crippen LogP) is -0.328. The quantitative estimate of drug-likeness (QED) is 0.575. The van der Waals surface area contributed by atoms with Gasteiger partial charge in [0.15, 0.2) is 5.65 Å². The maximum atomic E-state index is 11.1. The van der Waals surface area contributed by atoms with E-state index in [1.165, 1.54) is 10.7 Å². The molecule has 0 fully saturated rings. The molecule has 2 rings (SSSR count). The molecule has 0 aliphatic heterocycles. The first-order valence-corrected chi connectivity index (χ1v) is 3.37. The van der Waals surface area contributed by atoms with Crippen LogP contribution in [0.3, 0.4) is 0 Å². The monoisotopic (exact) mass is 162 g/mol. The molecule has 5 heteroatoms. The minimum atomic E-state index is -0.368. The van der Waals surface area contributed by atoms with Gasteiger partial charge in [0.05, 0.1) is 5.69 Å². The van der Waals surface area contributed by atoms with E-state index in [9.17, 15) is 4.79 Å². The van der Waals surface area contributed by atoms with Crippen LogP contribution in [0.2, 0.25) is 0 Å². The van der Waals surface area contributed by atoms with Crippen molar-refractivity contribution in [1.82, 2.24) is 14.4 Å². The van der Waals surface area contributed by atoms with Gasteiger partial charge in [-0.3, -0.25) is 0 Å². The highest BCUT2D eigenvalue weighted by Crippen LogP contribution is 2.05. The van der Waals surface area contributed by atoms with Crippen LogP contribution in [-0.2, 0) is 0 Å². The lowest BCUT2D eigenvalue weighted by atomic mass is 10.4. The van der Waals surface area contributed by atoms with Crippen LogP contribution in [0, 0.1) is 0 Å². The Labute approximate surface area is 67.5 Å². The van der Waals surface area contributed by atoms with Gasteiger partial charge < -0.3 is 5.73 Å². The Morgan fingerprint density at radius 1 is 1.42 bits per heavy atom. The number of hydrogen-bond donors (Lipinski definition) is 1. The molecule has 2 aromatic heterocycles. The highest BCUT2D eigenvalue weighted by atomic mass is 16.1. The second kappa shape index (κ2) is 2.30. The summed E-state index contributed by atoms with van der Waals surface area (Å²) in [5.74, 6) is 0. The molecule has 2 aromatic rings. The van der Waals surface area contributed by atoms with Crippen molar-refractivity contribution in [1.29, 1.82) is 0 Å². The Kier molecular flexibility index (Phi) is 1.30. The summed E-state index contributed by atoms with van der Waals surface area (Å²) in [6, 6.07) is 3.36. The average molecular weight is 162 g/mol. The number of rotatable bonds is 0. The summed E-state index contributed by atoms with van der Waals surface area (Å²) in [6.45, 7) is 0. The standard InChI is InChI=1S/C7H6N4O/c8-5-2-1-3-11-6(5)9-4-10-7(11)12/h1-4H,8H2. The number of nitrogens with two attached hydrogens (primary N) is 1. The molecule has 0 unspecified atom stereocenters. The lowest BCUT2D eigenvalue weighted by Gasteiger charge is -1.99. The van der Waals surface area contributed by atoms with E-state index in [-0.39, 0.29) is 5.69 Å². The van der Waals surface area contributed by atoms with Crippen molar-refractivity contribution >= 4 is 11.3 Å². The summed E-state index contributed by atoms with van der Waals surface area (Å²) < 4.78 is 1.30. The molecule has 0 radical (unpaired) electrons. The summed E-state index contributed by atoms with van der Waals surface area (Å²) in [4.78, 5) is 18.4. The van der Waals surface area contributed by atoms with Crippen LogP contribution >= 0.6 is 0 Å². The third-order valence-corrected chi connectivity index (χ3v) is 1.55. The van der Waals surface area contributed by atoms with Gasteiger partial charge in [-0.15, -0.1) is 0 Å². The van der Waals surface area contributed by atoms with Gasteiger partial charge in [-0.05, 0) is 12.1 Å². The molecule has 60 valence electrons. The van der Waals surface area contributed by atoms with Gasteiger partial charge in [0.1, 0.15) is 6.33 Å². The van der Waals surface area contributed by atoms with Crippen molar-refractivity contribution < 1.29 is 0 Å². The average Bonchev–Trinajstić information content (AvgIpc) is 2.07. The zero-order valence-electron chi connectivity index (χ0n) is 6.14. The minimum Gasteiger partial charge on any atom is -0.396 e. The molecule has 0 aromatic carbocycles. The molecule has 0 bridgehead atoms. The third-order valence-electron chi connectivity index (χ3n) is 1.55. The van der Waals surface area contributed by atoms with E-state index in [4.69, 9.17) is 5.73 Å². The first kappa shape index (κ1) is 6.78. The Morgan fingerprint density at radius 3 is 3.00 bits per heavy atom. The van der Waals surface area contributed by atoms with Gasteiger partial charge in [-0.2, -0.15) is 4.98 Å². The summed E-state index contributed by atoms with van der Waals surface area (Å²) in [5.41, 5.74) is 6.12. The minimum absolute atomic E-state index is 0.368. The number of nitrogen functional groups attached to an aromatic ring is 1. The highest BCUT2D eigenvalue weighted by Gasteiger charge is 1.98. The molecule has 0 spiro atoms. The van der Waals surface area contributed by atoms with Gasteiger partial charge in [0.25, 0.3) is 0 Å². The molecule has 2 heterocycles. The third kappa shape index (κ3) is 0.833. The van der Waals surface area contributed by atoms with Crippen molar-refractivity contribution in [2.75, 3.05) is 5.73 Å². The smallest absolute Gasteiger partial charge is 0.354 e. The van der Waals surface area contributed by atoms with Gasteiger partial charge in [-0.1, -0.05) is 0 Å². The number of nitrogens with zero attached hydrogens (tertiary/aromatic N) is 3. The zero-order valence-corrected chi connectivity index (χ0v) is 6.14. The fraction of sp³-hybridized carbons (Fsp3) is 0. The van der Waals surface area contributed by atoms with E-state index < -0.39 is 0 Å². The van der Waals surface area contributed by atoms with Gasteiger partial charge >= 0.3 is 5.69 Å². The van der Waals surface area contributed by atoms with Crippen LogP contribution in [0.25, 0.3) is 5.65 Å². The molecule has 0 saturated heterocycles.